The monoisotopic (exact) mass is 536 g/mol. The van der Waals surface area contributed by atoms with Gasteiger partial charge in [0.05, 0.1) is 31.1 Å². The van der Waals surface area contributed by atoms with Crippen molar-refractivity contribution in [3.63, 3.8) is 0 Å². The summed E-state index contributed by atoms with van der Waals surface area (Å²) in [5.74, 6) is 1.32. The highest BCUT2D eigenvalue weighted by molar-refractivity contribution is 6.02. The van der Waals surface area contributed by atoms with Gasteiger partial charge in [0, 0.05) is 43.3 Å². The van der Waals surface area contributed by atoms with Crippen LogP contribution < -0.4 is 19.9 Å². The molecule has 0 radical (unpaired) electrons. The van der Waals surface area contributed by atoms with E-state index < -0.39 is 5.60 Å². The van der Waals surface area contributed by atoms with Crippen LogP contribution in [0.4, 0.5) is 26.9 Å². The molecule has 1 saturated heterocycles. The average molecular weight is 537 g/mol. The number of hydrogen-bond donors (Lipinski definition) is 1. The molecule has 0 aliphatic carbocycles. The summed E-state index contributed by atoms with van der Waals surface area (Å²) in [5, 5.41) is 2.89. The minimum Gasteiger partial charge on any atom is -0.478 e. The van der Waals surface area contributed by atoms with E-state index in [0.717, 1.165) is 16.9 Å². The smallest absolute Gasteiger partial charge is 0.410 e. The molecule has 1 N–H and O–H groups in total. The lowest BCUT2D eigenvalue weighted by molar-refractivity contribution is 0.00565. The summed E-state index contributed by atoms with van der Waals surface area (Å²) in [5.41, 5.74) is 2.91. The van der Waals surface area contributed by atoms with Crippen molar-refractivity contribution < 1.29 is 19.1 Å². The Balaban J connectivity index is 1.34. The number of fused-ring (bicyclic) bond motifs is 2. The fraction of sp³-hybridized carbons (Fsp3) is 0.519. The van der Waals surface area contributed by atoms with Crippen molar-refractivity contribution in [2.45, 2.75) is 65.6 Å². The van der Waals surface area contributed by atoms with Gasteiger partial charge in [0.15, 0.2) is 5.82 Å². The van der Waals surface area contributed by atoms with Crippen LogP contribution in [0.5, 0.6) is 5.88 Å². The van der Waals surface area contributed by atoms with E-state index in [2.05, 4.69) is 25.2 Å². The quantitative estimate of drug-likeness (QED) is 0.536. The molecule has 0 bridgehead atoms. The molecule has 0 saturated carbocycles. The summed E-state index contributed by atoms with van der Waals surface area (Å²) >= 11 is 0. The third-order valence-electron chi connectivity index (χ3n) is 6.91. The van der Waals surface area contributed by atoms with Crippen LogP contribution in [0.15, 0.2) is 24.7 Å². The molecule has 3 amide bonds. The van der Waals surface area contributed by atoms with Crippen molar-refractivity contribution >= 4 is 35.1 Å². The van der Waals surface area contributed by atoms with Crippen molar-refractivity contribution in [3.05, 3.63) is 35.9 Å². The molecule has 5 heterocycles. The lowest BCUT2D eigenvalue weighted by atomic mass is 10.1. The van der Waals surface area contributed by atoms with Gasteiger partial charge in [-0.05, 0) is 54.0 Å². The number of rotatable bonds is 3. The van der Waals surface area contributed by atoms with Crippen molar-refractivity contribution in [2.75, 3.05) is 41.9 Å². The van der Waals surface area contributed by atoms with Crippen LogP contribution in [0.2, 0.25) is 0 Å². The standard InChI is InChI=1S/C27H36N8O4/c1-16-12-33-15-21(30-24(38-7)23(33)29-16)31-25(36)34-11-9-19-20(8-10-28-22(19)34)32-13-17(2)35(18(3)14-32)26(37)39-27(4,5)6/h8,10,12,15,17-18H,9,11,13-14H2,1-7H3,(H,31,36)/t17-,18+. The molecule has 2 atom stereocenters. The number of hydrogen-bond acceptors (Lipinski definition) is 8. The second-order valence-corrected chi connectivity index (χ2v) is 11.2. The molecule has 0 spiro atoms. The number of carbonyl (C=O) groups excluding carboxylic acids is 2. The largest absolute Gasteiger partial charge is 0.478 e. The molecule has 1 fully saturated rings. The topological polar surface area (TPSA) is 117 Å². The van der Waals surface area contributed by atoms with Gasteiger partial charge in [-0.3, -0.25) is 19.5 Å². The van der Waals surface area contributed by atoms with Gasteiger partial charge in [-0.1, -0.05) is 0 Å². The van der Waals surface area contributed by atoms with Crippen LogP contribution in [0.1, 0.15) is 45.9 Å². The molecule has 3 aromatic rings. The minimum atomic E-state index is -0.548. The highest BCUT2D eigenvalue weighted by Gasteiger charge is 2.37. The molecule has 208 valence electrons. The molecular formula is C27H36N8O4. The number of carbonyl (C=O) groups is 2. The Labute approximate surface area is 227 Å². The van der Waals surface area contributed by atoms with Crippen molar-refractivity contribution in [2.24, 2.45) is 0 Å². The SMILES string of the molecule is COc1nc(NC(=O)N2CCc3c(N4C[C@@H](C)N(C(=O)OC(C)(C)C)[C@@H](C)C4)ccnc32)cn2cc(C)nc12. The van der Waals surface area contributed by atoms with Gasteiger partial charge in [0.25, 0.3) is 5.88 Å². The molecule has 12 nitrogen and oxygen atoms in total. The van der Waals surface area contributed by atoms with Crippen LogP contribution in [0, 0.1) is 6.92 Å². The van der Waals surface area contributed by atoms with Crippen LogP contribution in [0.3, 0.4) is 0 Å². The molecular weight excluding hydrogens is 500 g/mol. The molecule has 2 aliphatic heterocycles. The van der Waals surface area contributed by atoms with Gasteiger partial charge in [0.1, 0.15) is 11.4 Å². The Hall–Kier alpha value is -4.09. The first kappa shape index (κ1) is 26.5. The van der Waals surface area contributed by atoms with E-state index in [9.17, 15) is 9.59 Å². The number of anilines is 3. The Morgan fingerprint density at radius 3 is 2.49 bits per heavy atom. The fourth-order valence-electron chi connectivity index (χ4n) is 5.43. The van der Waals surface area contributed by atoms with Gasteiger partial charge >= 0.3 is 12.1 Å². The van der Waals surface area contributed by atoms with Gasteiger partial charge in [-0.15, -0.1) is 0 Å². The predicted molar refractivity (Wildman–Crippen MR) is 148 cm³/mol. The summed E-state index contributed by atoms with van der Waals surface area (Å²) in [7, 11) is 1.52. The van der Waals surface area contributed by atoms with E-state index in [0.29, 0.717) is 49.2 Å². The summed E-state index contributed by atoms with van der Waals surface area (Å²) in [4.78, 5) is 45.3. The second-order valence-electron chi connectivity index (χ2n) is 11.2. The second kappa shape index (κ2) is 9.90. The van der Waals surface area contributed by atoms with Gasteiger partial charge in [-0.25, -0.2) is 19.6 Å². The van der Waals surface area contributed by atoms with E-state index in [4.69, 9.17) is 9.47 Å². The summed E-state index contributed by atoms with van der Waals surface area (Å²) in [6.07, 6.45) is 5.68. The van der Waals surface area contributed by atoms with E-state index in [-0.39, 0.29) is 24.2 Å². The summed E-state index contributed by atoms with van der Waals surface area (Å²) in [6.45, 7) is 13.4. The predicted octanol–water partition coefficient (Wildman–Crippen LogP) is 3.87. The lowest BCUT2D eigenvalue weighted by Crippen LogP contribution is -2.59. The Morgan fingerprint density at radius 2 is 1.82 bits per heavy atom. The minimum absolute atomic E-state index is 0.0454. The number of urea groups is 1. The molecule has 2 aliphatic rings. The van der Waals surface area contributed by atoms with E-state index in [1.165, 1.54) is 7.11 Å². The molecule has 3 aromatic heterocycles. The van der Waals surface area contributed by atoms with Crippen LogP contribution in [-0.2, 0) is 11.2 Å². The number of imidazole rings is 1. The third kappa shape index (κ3) is 5.15. The van der Waals surface area contributed by atoms with Crippen molar-refractivity contribution in [1.29, 1.82) is 0 Å². The number of aromatic nitrogens is 4. The first-order chi connectivity index (χ1) is 18.4. The number of nitrogens with one attached hydrogen (secondary N) is 1. The fourth-order valence-corrected chi connectivity index (χ4v) is 5.43. The molecule has 0 aromatic carbocycles. The van der Waals surface area contributed by atoms with Crippen LogP contribution in [-0.4, -0.2) is 80.8 Å². The molecule has 0 unspecified atom stereocenters. The Bertz CT molecular complexity index is 1400. The first-order valence-corrected chi connectivity index (χ1v) is 13.2. The number of piperazine rings is 1. The number of amides is 3. The Morgan fingerprint density at radius 1 is 1.10 bits per heavy atom. The zero-order valence-corrected chi connectivity index (χ0v) is 23.6. The number of methoxy groups -OCH3 is 1. The summed E-state index contributed by atoms with van der Waals surface area (Å²) < 4.78 is 12.8. The maximum Gasteiger partial charge on any atom is 0.410 e. The number of pyridine rings is 1. The number of nitrogens with zero attached hydrogens (tertiary/aromatic N) is 7. The highest BCUT2D eigenvalue weighted by atomic mass is 16.6. The van der Waals surface area contributed by atoms with Gasteiger partial charge in [0.2, 0.25) is 5.65 Å². The molecule has 5 rings (SSSR count). The zero-order chi connectivity index (χ0) is 28.1. The third-order valence-corrected chi connectivity index (χ3v) is 6.91. The van der Waals surface area contributed by atoms with E-state index in [1.54, 1.807) is 21.7 Å². The molecule has 12 heteroatoms. The van der Waals surface area contributed by atoms with Crippen molar-refractivity contribution in [3.8, 4) is 5.88 Å². The van der Waals surface area contributed by atoms with E-state index >= 15 is 0 Å². The molecule has 39 heavy (non-hydrogen) atoms. The summed E-state index contributed by atoms with van der Waals surface area (Å²) in [6, 6.07) is 1.58. The number of aryl methyl sites for hydroxylation is 1. The normalized spacial score (nSPS) is 19.3. The maximum absolute atomic E-state index is 13.3. The van der Waals surface area contributed by atoms with Gasteiger partial charge in [-0.2, -0.15) is 4.98 Å². The highest BCUT2D eigenvalue weighted by Crippen LogP contribution is 2.36. The van der Waals surface area contributed by atoms with Crippen LogP contribution in [0.25, 0.3) is 5.65 Å². The van der Waals surface area contributed by atoms with E-state index in [1.807, 2.05) is 58.7 Å². The van der Waals surface area contributed by atoms with Gasteiger partial charge < -0.3 is 14.4 Å². The average Bonchev–Trinajstić information content (AvgIpc) is 3.44. The first-order valence-electron chi connectivity index (χ1n) is 13.2. The zero-order valence-electron chi connectivity index (χ0n) is 23.6. The number of ether oxygens (including phenoxy) is 2. The maximum atomic E-state index is 13.3. The Kier molecular flexibility index (Phi) is 6.73. The van der Waals surface area contributed by atoms with Crippen molar-refractivity contribution in [1.82, 2.24) is 24.3 Å². The van der Waals surface area contributed by atoms with Crippen LogP contribution >= 0.6 is 0 Å². The lowest BCUT2D eigenvalue weighted by Gasteiger charge is -2.45.